The molecule has 2 atom stereocenters. The summed E-state index contributed by atoms with van der Waals surface area (Å²) in [4.78, 5) is 30.4. The van der Waals surface area contributed by atoms with Crippen LogP contribution in [0.5, 0.6) is 0 Å². The summed E-state index contributed by atoms with van der Waals surface area (Å²) in [6.07, 6.45) is 10.0. The predicted octanol–water partition coefficient (Wildman–Crippen LogP) is 3.95. The fourth-order valence-corrected chi connectivity index (χ4v) is 4.97. The second kappa shape index (κ2) is 13.9. The van der Waals surface area contributed by atoms with E-state index >= 15 is 0 Å². The molecule has 2 heterocycles. The number of halogens is 1. The minimum absolute atomic E-state index is 0.0679. The van der Waals surface area contributed by atoms with E-state index in [-0.39, 0.29) is 23.9 Å². The monoisotopic (exact) mass is 488 g/mol. The highest BCUT2D eigenvalue weighted by atomic mass is 35.5. The maximum absolute atomic E-state index is 13.5. The van der Waals surface area contributed by atoms with Crippen molar-refractivity contribution in [3.05, 3.63) is 40.9 Å². The summed E-state index contributed by atoms with van der Waals surface area (Å²) in [5.74, 6) is 0.622. The van der Waals surface area contributed by atoms with Crippen molar-refractivity contribution >= 4 is 29.5 Å². The molecule has 188 valence electrons. The predicted molar refractivity (Wildman–Crippen MR) is 140 cm³/mol. The largest absolute Gasteiger partial charge is 0.351 e. The molecule has 0 bridgehead atoms. The van der Waals surface area contributed by atoms with Crippen LogP contribution in [-0.2, 0) is 9.59 Å². The number of benzene rings is 1. The molecule has 2 fully saturated rings. The molecule has 7 heteroatoms. The second-order valence-corrected chi connectivity index (χ2v) is 10.1. The summed E-state index contributed by atoms with van der Waals surface area (Å²) >= 11 is 5.92. The first-order valence-electron chi connectivity index (χ1n) is 13.0. The van der Waals surface area contributed by atoms with Crippen molar-refractivity contribution < 1.29 is 9.59 Å². The molecule has 1 aromatic rings. The quantitative estimate of drug-likeness (QED) is 0.489. The number of piperidine rings is 1. The van der Waals surface area contributed by atoms with Crippen molar-refractivity contribution in [2.75, 3.05) is 39.3 Å². The van der Waals surface area contributed by atoms with Crippen LogP contribution in [-0.4, -0.2) is 73.0 Å². The number of carbonyl (C=O) groups is 2. The average molecular weight is 489 g/mol. The minimum Gasteiger partial charge on any atom is -0.351 e. The molecule has 2 aliphatic rings. The van der Waals surface area contributed by atoms with E-state index < -0.39 is 0 Å². The van der Waals surface area contributed by atoms with Crippen LogP contribution in [0.4, 0.5) is 0 Å². The van der Waals surface area contributed by atoms with Crippen molar-refractivity contribution in [1.29, 1.82) is 0 Å². The van der Waals surface area contributed by atoms with Crippen molar-refractivity contribution in [2.24, 2.45) is 5.92 Å². The lowest BCUT2D eigenvalue weighted by Gasteiger charge is -2.33. The molecule has 0 radical (unpaired) electrons. The molecule has 3 rings (SSSR count). The van der Waals surface area contributed by atoms with Gasteiger partial charge < -0.3 is 20.4 Å². The first kappa shape index (κ1) is 26.7. The zero-order chi connectivity index (χ0) is 24.3. The maximum Gasteiger partial charge on any atom is 0.244 e. The molecule has 0 aliphatic carbocycles. The van der Waals surface area contributed by atoms with E-state index in [0.717, 1.165) is 57.5 Å². The lowest BCUT2D eigenvalue weighted by atomic mass is 10.0. The van der Waals surface area contributed by atoms with Crippen LogP contribution in [0.15, 0.2) is 30.3 Å². The fraction of sp³-hybridized carbons (Fsp3) is 0.630. The number of likely N-dealkylation sites (tertiary alicyclic amines) is 1. The molecule has 6 nitrogen and oxygen atoms in total. The van der Waals surface area contributed by atoms with Gasteiger partial charge in [-0.1, -0.05) is 56.8 Å². The van der Waals surface area contributed by atoms with Crippen LogP contribution in [0.3, 0.4) is 0 Å². The Morgan fingerprint density at radius 2 is 1.85 bits per heavy atom. The summed E-state index contributed by atoms with van der Waals surface area (Å²) in [6.45, 7) is 9.36. The highest BCUT2D eigenvalue weighted by Gasteiger charge is 2.33. The smallest absolute Gasteiger partial charge is 0.244 e. The number of hydrogen-bond donors (Lipinski definition) is 2. The Morgan fingerprint density at radius 1 is 1.15 bits per heavy atom. The third-order valence-electron chi connectivity index (χ3n) is 7.14. The van der Waals surface area contributed by atoms with Gasteiger partial charge in [-0.3, -0.25) is 9.59 Å². The molecular weight excluding hydrogens is 448 g/mol. The molecule has 0 saturated carbocycles. The Hall–Kier alpha value is -1.89. The van der Waals surface area contributed by atoms with Crippen molar-refractivity contribution in [2.45, 2.75) is 64.5 Å². The van der Waals surface area contributed by atoms with Crippen LogP contribution in [0, 0.1) is 5.92 Å². The summed E-state index contributed by atoms with van der Waals surface area (Å²) < 4.78 is 0. The van der Waals surface area contributed by atoms with Gasteiger partial charge in [-0.2, -0.15) is 0 Å². The van der Waals surface area contributed by atoms with Crippen molar-refractivity contribution in [3.8, 4) is 0 Å². The number of nitrogens with zero attached hydrogens (tertiary/aromatic N) is 2. The van der Waals surface area contributed by atoms with E-state index in [1.165, 1.54) is 19.3 Å². The van der Waals surface area contributed by atoms with Crippen molar-refractivity contribution in [1.82, 2.24) is 20.4 Å². The van der Waals surface area contributed by atoms with Gasteiger partial charge in [0.1, 0.15) is 0 Å². The number of hydrogen-bond acceptors (Lipinski definition) is 4. The van der Waals surface area contributed by atoms with E-state index in [1.54, 1.807) is 12.2 Å². The molecule has 2 saturated heterocycles. The van der Waals surface area contributed by atoms with Crippen LogP contribution in [0.2, 0.25) is 5.02 Å². The number of rotatable bonds is 10. The Bertz CT molecular complexity index is 803. The Labute approximate surface area is 210 Å². The summed E-state index contributed by atoms with van der Waals surface area (Å²) in [6, 6.07) is 7.22. The Kier molecular flexibility index (Phi) is 10.9. The van der Waals surface area contributed by atoms with Crippen LogP contribution < -0.4 is 10.6 Å². The van der Waals surface area contributed by atoms with Crippen LogP contribution in [0.25, 0.3) is 6.08 Å². The van der Waals surface area contributed by atoms with E-state index in [9.17, 15) is 9.59 Å². The zero-order valence-corrected chi connectivity index (χ0v) is 21.5. The van der Waals surface area contributed by atoms with E-state index in [2.05, 4.69) is 34.3 Å². The highest BCUT2D eigenvalue weighted by molar-refractivity contribution is 6.30. The third kappa shape index (κ3) is 8.40. The van der Waals surface area contributed by atoms with Gasteiger partial charge in [0.2, 0.25) is 11.8 Å². The van der Waals surface area contributed by atoms with E-state index in [0.29, 0.717) is 17.5 Å². The summed E-state index contributed by atoms with van der Waals surface area (Å²) in [7, 11) is 0. The zero-order valence-electron chi connectivity index (χ0n) is 20.8. The normalized spacial score (nSPS) is 22.4. The first-order valence-corrected chi connectivity index (χ1v) is 13.3. The summed E-state index contributed by atoms with van der Waals surface area (Å²) in [5.41, 5.74) is 0.927. The van der Waals surface area contributed by atoms with Crippen LogP contribution >= 0.6 is 11.6 Å². The molecule has 2 N–H and O–H groups in total. The molecule has 34 heavy (non-hydrogen) atoms. The molecule has 1 aromatic carbocycles. The Balaban J connectivity index is 1.60. The Morgan fingerprint density at radius 3 is 2.53 bits per heavy atom. The number of carbonyl (C=O) groups excluding carboxylic acids is 2. The lowest BCUT2D eigenvalue weighted by molar-refractivity contribution is -0.134. The summed E-state index contributed by atoms with van der Waals surface area (Å²) in [5, 5.41) is 7.30. The highest BCUT2D eigenvalue weighted by Crippen LogP contribution is 2.17. The van der Waals surface area contributed by atoms with Gasteiger partial charge in [0.25, 0.3) is 0 Å². The van der Waals surface area contributed by atoms with Gasteiger partial charge in [0.15, 0.2) is 0 Å². The molecular formula is C27H41ClN4O2. The van der Waals surface area contributed by atoms with Gasteiger partial charge in [-0.25, -0.2) is 0 Å². The molecule has 0 unspecified atom stereocenters. The third-order valence-corrected chi connectivity index (χ3v) is 7.39. The average Bonchev–Trinajstić information content (AvgIpc) is 3.00. The van der Waals surface area contributed by atoms with Gasteiger partial charge in [-0.15, -0.1) is 0 Å². The standard InChI is InChI=1S/C27H41ClN4O2/c1-3-21(4-2)19-32-17-14-24(30-25(27(32)34)20-31-15-6-5-7-16-31)18-29-26(33)13-10-22-8-11-23(28)12-9-22/h8-13,21,24-25,30H,3-7,14-20H2,1-2H3,(H,29,33)/t24-,25-/m0/s1. The molecule has 0 aromatic heterocycles. The van der Waals surface area contributed by atoms with Gasteiger partial charge >= 0.3 is 0 Å². The number of amides is 2. The van der Waals surface area contributed by atoms with Gasteiger partial charge in [-0.05, 0) is 62.0 Å². The molecule has 0 spiro atoms. The van der Waals surface area contributed by atoms with Crippen LogP contribution in [0.1, 0.15) is 57.9 Å². The topological polar surface area (TPSA) is 64.7 Å². The number of nitrogens with one attached hydrogen (secondary N) is 2. The second-order valence-electron chi connectivity index (χ2n) is 9.66. The molecule has 2 amide bonds. The maximum atomic E-state index is 13.5. The molecule has 2 aliphatic heterocycles. The van der Waals surface area contributed by atoms with Gasteiger partial charge in [0, 0.05) is 43.3 Å². The van der Waals surface area contributed by atoms with E-state index in [1.807, 2.05) is 24.3 Å². The first-order chi connectivity index (χ1) is 16.5. The fourth-order valence-electron chi connectivity index (χ4n) is 4.84. The lowest BCUT2D eigenvalue weighted by Crippen LogP contribution is -2.54. The van der Waals surface area contributed by atoms with Crippen molar-refractivity contribution in [3.63, 3.8) is 0 Å². The van der Waals surface area contributed by atoms with E-state index in [4.69, 9.17) is 11.6 Å². The van der Waals surface area contributed by atoms with Gasteiger partial charge in [0.05, 0.1) is 6.04 Å². The SMILES string of the molecule is CCC(CC)CN1CC[C@@H](CNC(=O)C=Cc2ccc(Cl)cc2)N[C@@H](CN2CCCCC2)C1=O. The minimum atomic E-state index is -0.221.